The molecule has 0 heterocycles. The number of hydrogen-bond donors (Lipinski definition) is 2. The lowest BCUT2D eigenvalue weighted by atomic mass is 9.93. The van der Waals surface area contributed by atoms with Crippen molar-refractivity contribution in [1.82, 2.24) is 5.32 Å². The van der Waals surface area contributed by atoms with E-state index in [9.17, 15) is 4.79 Å². The van der Waals surface area contributed by atoms with E-state index in [-0.39, 0.29) is 5.91 Å². The summed E-state index contributed by atoms with van der Waals surface area (Å²) in [5.41, 5.74) is 6.11. The molecule has 0 radical (unpaired) electrons. The highest BCUT2D eigenvalue weighted by atomic mass is 16.1. The molecule has 1 aromatic rings. The van der Waals surface area contributed by atoms with Gasteiger partial charge in [0, 0.05) is 6.54 Å². The highest BCUT2D eigenvalue weighted by molar-refractivity contribution is 5.80. The fourth-order valence-corrected chi connectivity index (χ4v) is 1.37. The predicted octanol–water partition coefficient (Wildman–Crippen LogP) is 1.33. The van der Waals surface area contributed by atoms with E-state index in [0.717, 1.165) is 13.0 Å². The summed E-state index contributed by atoms with van der Waals surface area (Å²) in [4.78, 5) is 11.1. The fraction of sp³-hybridized carbons (Fsp3) is 0.462. The highest BCUT2D eigenvalue weighted by Gasteiger charge is 2.23. The number of benzene rings is 1. The lowest BCUT2D eigenvalue weighted by Crippen LogP contribution is -2.40. The van der Waals surface area contributed by atoms with Gasteiger partial charge in [0.25, 0.3) is 0 Å². The summed E-state index contributed by atoms with van der Waals surface area (Å²) < 4.78 is 0. The predicted molar refractivity (Wildman–Crippen MR) is 66.0 cm³/mol. The first-order valence-corrected chi connectivity index (χ1v) is 5.57. The van der Waals surface area contributed by atoms with E-state index < -0.39 is 5.41 Å². The van der Waals surface area contributed by atoms with Crippen molar-refractivity contribution in [2.75, 3.05) is 13.1 Å². The van der Waals surface area contributed by atoms with Crippen molar-refractivity contribution in [3.05, 3.63) is 35.9 Å². The number of primary amides is 1. The largest absolute Gasteiger partial charge is 0.369 e. The molecule has 3 heteroatoms. The zero-order valence-electron chi connectivity index (χ0n) is 9.99. The topological polar surface area (TPSA) is 55.1 Å². The maximum absolute atomic E-state index is 11.1. The number of amides is 1. The molecule has 0 saturated carbocycles. The Kier molecular flexibility index (Phi) is 4.50. The maximum Gasteiger partial charge on any atom is 0.224 e. The van der Waals surface area contributed by atoms with Crippen LogP contribution in [0.15, 0.2) is 30.3 Å². The number of nitrogens with two attached hydrogens (primary N) is 1. The van der Waals surface area contributed by atoms with Crippen LogP contribution in [-0.2, 0) is 11.2 Å². The lowest BCUT2D eigenvalue weighted by molar-refractivity contribution is -0.125. The van der Waals surface area contributed by atoms with Gasteiger partial charge in [-0.05, 0) is 32.4 Å². The number of carbonyl (C=O) groups is 1. The third-order valence-electron chi connectivity index (χ3n) is 2.67. The molecule has 1 amide bonds. The van der Waals surface area contributed by atoms with Gasteiger partial charge in [0.15, 0.2) is 0 Å². The molecule has 3 N–H and O–H groups in total. The first-order chi connectivity index (χ1) is 7.52. The Hall–Kier alpha value is -1.35. The summed E-state index contributed by atoms with van der Waals surface area (Å²) in [6, 6.07) is 10.3. The molecular formula is C13H20N2O. The zero-order valence-corrected chi connectivity index (χ0v) is 9.99. The van der Waals surface area contributed by atoms with E-state index in [4.69, 9.17) is 5.73 Å². The van der Waals surface area contributed by atoms with Crippen LogP contribution in [0.5, 0.6) is 0 Å². The molecule has 0 fully saturated rings. The molecular weight excluding hydrogens is 200 g/mol. The second-order valence-corrected chi connectivity index (χ2v) is 4.66. The van der Waals surface area contributed by atoms with Gasteiger partial charge in [-0.25, -0.2) is 0 Å². The number of nitrogens with one attached hydrogen (secondary N) is 1. The van der Waals surface area contributed by atoms with Gasteiger partial charge in [-0.2, -0.15) is 0 Å². The Labute approximate surface area is 97.0 Å². The van der Waals surface area contributed by atoms with Crippen molar-refractivity contribution in [2.24, 2.45) is 11.1 Å². The van der Waals surface area contributed by atoms with E-state index in [2.05, 4.69) is 17.4 Å². The van der Waals surface area contributed by atoms with Crippen LogP contribution in [-0.4, -0.2) is 19.0 Å². The monoisotopic (exact) mass is 220 g/mol. The summed E-state index contributed by atoms with van der Waals surface area (Å²) >= 11 is 0. The minimum absolute atomic E-state index is 0.264. The van der Waals surface area contributed by atoms with Crippen LogP contribution in [0.25, 0.3) is 0 Å². The van der Waals surface area contributed by atoms with Crippen molar-refractivity contribution in [3.8, 4) is 0 Å². The number of hydrogen-bond acceptors (Lipinski definition) is 2. The van der Waals surface area contributed by atoms with Gasteiger partial charge >= 0.3 is 0 Å². The number of rotatable bonds is 6. The van der Waals surface area contributed by atoms with Gasteiger partial charge in [-0.15, -0.1) is 0 Å². The fourth-order valence-electron chi connectivity index (χ4n) is 1.37. The Morgan fingerprint density at radius 3 is 2.50 bits per heavy atom. The summed E-state index contributed by atoms with van der Waals surface area (Å²) in [5, 5.41) is 3.25. The van der Waals surface area contributed by atoms with Crippen molar-refractivity contribution < 1.29 is 4.79 Å². The Bertz CT molecular complexity index is 333. The molecule has 0 aliphatic carbocycles. The lowest BCUT2D eigenvalue weighted by Gasteiger charge is -2.20. The quantitative estimate of drug-likeness (QED) is 0.711. The molecule has 1 aromatic carbocycles. The van der Waals surface area contributed by atoms with Gasteiger partial charge < -0.3 is 11.1 Å². The minimum atomic E-state index is -0.476. The molecule has 0 aliphatic rings. The highest BCUT2D eigenvalue weighted by Crippen LogP contribution is 2.11. The Balaban J connectivity index is 2.25. The summed E-state index contributed by atoms with van der Waals surface area (Å²) in [5.74, 6) is -0.264. The first-order valence-electron chi connectivity index (χ1n) is 5.57. The summed E-state index contributed by atoms with van der Waals surface area (Å²) in [6.45, 7) is 5.19. The molecule has 0 saturated heterocycles. The van der Waals surface area contributed by atoms with E-state index in [0.29, 0.717) is 6.54 Å². The molecule has 0 atom stereocenters. The molecule has 1 rings (SSSR count). The standard InChI is InChI=1S/C13H20N2O/c1-13(2,12(14)16)10-15-9-8-11-6-4-3-5-7-11/h3-7,15H,8-10H2,1-2H3,(H2,14,16). The van der Waals surface area contributed by atoms with Crippen LogP contribution in [0.4, 0.5) is 0 Å². The van der Waals surface area contributed by atoms with Gasteiger partial charge in [0.2, 0.25) is 5.91 Å². The van der Waals surface area contributed by atoms with Crippen molar-refractivity contribution >= 4 is 5.91 Å². The third-order valence-corrected chi connectivity index (χ3v) is 2.67. The molecule has 0 spiro atoms. The van der Waals surface area contributed by atoms with Crippen molar-refractivity contribution in [3.63, 3.8) is 0 Å². The Morgan fingerprint density at radius 1 is 1.31 bits per heavy atom. The molecule has 88 valence electrons. The molecule has 0 unspecified atom stereocenters. The van der Waals surface area contributed by atoms with Gasteiger partial charge in [0.1, 0.15) is 0 Å². The van der Waals surface area contributed by atoms with Crippen LogP contribution in [0, 0.1) is 5.41 Å². The van der Waals surface area contributed by atoms with Crippen LogP contribution >= 0.6 is 0 Å². The molecule has 0 bridgehead atoms. The minimum Gasteiger partial charge on any atom is -0.369 e. The van der Waals surface area contributed by atoms with Gasteiger partial charge in [0.05, 0.1) is 5.41 Å². The van der Waals surface area contributed by atoms with Crippen molar-refractivity contribution in [1.29, 1.82) is 0 Å². The second kappa shape index (κ2) is 5.66. The van der Waals surface area contributed by atoms with E-state index in [1.54, 1.807) is 0 Å². The van der Waals surface area contributed by atoms with Crippen LogP contribution in [0.2, 0.25) is 0 Å². The summed E-state index contributed by atoms with van der Waals surface area (Å²) in [7, 11) is 0. The number of carbonyl (C=O) groups excluding carboxylic acids is 1. The molecule has 0 aromatic heterocycles. The zero-order chi connectivity index (χ0) is 12.0. The van der Waals surface area contributed by atoms with E-state index >= 15 is 0 Å². The van der Waals surface area contributed by atoms with Gasteiger partial charge in [-0.1, -0.05) is 30.3 Å². The average molecular weight is 220 g/mol. The maximum atomic E-state index is 11.1. The molecule has 3 nitrogen and oxygen atoms in total. The smallest absolute Gasteiger partial charge is 0.224 e. The van der Waals surface area contributed by atoms with Gasteiger partial charge in [-0.3, -0.25) is 4.79 Å². The Morgan fingerprint density at radius 2 is 1.94 bits per heavy atom. The van der Waals surface area contributed by atoms with E-state index in [1.165, 1.54) is 5.56 Å². The van der Waals surface area contributed by atoms with E-state index in [1.807, 2.05) is 32.0 Å². The van der Waals surface area contributed by atoms with Crippen LogP contribution in [0.3, 0.4) is 0 Å². The normalized spacial score (nSPS) is 11.4. The summed E-state index contributed by atoms with van der Waals surface area (Å²) in [6.07, 6.45) is 0.968. The molecule has 16 heavy (non-hydrogen) atoms. The van der Waals surface area contributed by atoms with Crippen molar-refractivity contribution in [2.45, 2.75) is 20.3 Å². The van der Waals surface area contributed by atoms with Crippen LogP contribution < -0.4 is 11.1 Å². The first kappa shape index (κ1) is 12.7. The third kappa shape index (κ3) is 4.03. The molecule has 0 aliphatic heterocycles. The SMILES string of the molecule is CC(C)(CNCCc1ccccc1)C(N)=O. The average Bonchev–Trinajstić information content (AvgIpc) is 2.26. The van der Waals surface area contributed by atoms with Crippen LogP contribution in [0.1, 0.15) is 19.4 Å². The second-order valence-electron chi connectivity index (χ2n) is 4.66.